The predicted octanol–water partition coefficient (Wildman–Crippen LogP) is 1.96. The molecule has 0 unspecified atom stereocenters. The van der Waals surface area contributed by atoms with Crippen molar-refractivity contribution in [2.75, 3.05) is 11.9 Å². The molecule has 0 atom stereocenters. The molecule has 0 amide bonds. The zero-order chi connectivity index (χ0) is 9.52. The predicted molar refractivity (Wildman–Crippen MR) is 53.6 cm³/mol. The van der Waals surface area contributed by atoms with Crippen LogP contribution in [0, 0.1) is 12.3 Å². The lowest BCUT2D eigenvalue weighted by Gasteiger charge is -2.01. The highest BCUT2D eigenvalue weighted by molar-refractivity contribution is 6.29. The van der Waals surface area contributed by atoms with Crippen molar-refractivity contribution < 1.29 is 0 Å². The largest absolute Gasteiger partial charge is 0.369 e. The average Bonchev–Trinajstić information content (AvgIpc) is 2.15. The fraction of sp³-hybridized carbons (Fsp3) is 0.333. The summed E-state index contributed by atoms with van der Waals surface area (Å²) in [5.41, 5.74) is 0. The number of anilines is 1. The van der Waals surface area contributed by atoms with Gasteiger partial charge in [0.15, 0.2) is 5.15 Å². The number of rotatable bonds is 4. The first-order valence-electron chi connectivity index (χ1n) is 3.99. The molecule has 0 radical (unpaired) electrons. The van der Waals surface area contributed by atoms with Crippen LogP contribution in [-0.4, -0.2) is 16.7 Å². The van der Waals surface area contributed by atoms with Crippen LogP contribution in [0.3, 0.4) is 0 Å². The van der Waals surface area contributed by atoms with E-state index >= 15 is 0 Å². The molecule has 1 rings (SSSR count). The van der Waals surface area contributed by atoms with Crippen molar-refractivity contribution in [1.29, 1.82) is 0 Å². The highest BCUT2D eigenvalue weighted by Gasteiger charge is 1.93. The topological polar surface area (TPSA) is 37.8 Å². The molecule has 0 aromatic carbocycles. The second-order valence-electron chi connectivity index (χ2n) is 2.48. The van der Waals surface area contributed by atoms with Gasteiger partial charge in [-0.05, 0) is 18.6 Å². The lowest BCUT2D eigenvalue weighted by Crippen LogP contribution is -2.03. The molecule has 68 valence electrons. The summed E-state index contributed by atoms with van der Waals surface area (Å²) in [7, 11) is 0. The molecule has 0 spiro atoms. The minimum absolute atomic E-state index is 0.397. The lowest BCUT2D eigenvalue weighted by atomic mass is 10.3. The Labute approximate surface area is 82.5 Å². The van der Waals surface area contributed by atoms with E-state index in [9.17, 15) is 0 Å². The molecular formula is C9H10ClN3. The Hall–Kier alpha value is -1.27. The van der Waals surface area contributed by atoms with Crippen LogP contribution >= 0.6 is 11.6 Å². The second kappa shape index (κ2) is 5.39. The zero-order valence-corrected chi connectivity index (χ0v) is 7.88. The van der Waals surface area contributed by atoms with E-state index in [-0.39, 0.29) is 0 Å². The fourth-order valence-corrected chi connectivity index (χ4v) is 0.918. The molecule has 0 bridgehead atoms. The van der Waals surface area contributed by atoms with E-state index in [4.69, 9.17) is 18.0 Å². The molecule has 4 heteroatoms. The number of nitrogens with one attached hydrogen (secondary N) is 1. The van der Waals surface area contributed by atoms with Crippen LogP contribution in [0.1, 0.15) is 12.8 Å². The molecule has 0 aliphatic rings. The Morgan fingerprint density at radius 2 is 2.31 bits per heavy atom. The number of hydrogen-bond acceptors (Lipinski definition) is 3. The van der Waals surface area contributed by atoms with E-state index in [1.165, 1.54) is 0 Å². The maximum absolute atomic E-state index is 5.57. The van der Waals surface area contributed by atoms with E-state index in [1.54, 1.807) is 12.1 Å². The number of nitrogens with zero attached hydrogens (tertiary/aromatic N) is 2. The summed E-state index contributed by atoms with van der Waals surface area (Å²) >= 11 is 5.57. The molecule has 3 nitrogen and oxygen atoms in total. The molecule has 1 N–H and O–H groups in total. The summed E-state index contributed by atoms with van der Waals surface area (Å²) in [5, 5.41) is 11.0. The highest BCUT2D eigenvalue weighted by atomic mass is 35.5. The summed E-state index contributed by atoms with van der Waals surface area (Å²) in [6, 6.07) is 3.48. The normalized spacial score (nSPS) is 9.23. The number of hydrogen-bond donors (Lipinski definition) is 1. The fourth-order valence-electron chi connectivity index (χ4n) is 0.817. The third kappa shape index (κ3) is 3.77. The van der Waals surface area contributed by atoms with Crippen molar-refractivity contribution in [3.05, 3.63) is 17.3 Å². The van der Waals surface area contributed by atoms with Crippen LogP contribution < -0.4 is 5.32 Å². The van der Waals surface area contributed by atoms with E-state index in [0.29, 0.717) is 5.15 Å². The minimum atomic E-state index is 0.397. The van der Waals surface area contributed by atoms with Gasteiger partial charge in [-0.2, -0.15) is 0 Å². The van der Waals surface area contributed by atoms with Crippen LogP contribution in [0.15, 0.2) is 12.1 Å². The Kier molecular flexibility index (Phi) is 4.07. The molecule has 0 fully saturated rings. The van der Waals surface area contributed by atoms with Crippen molar-refractivity contribution in [1.82, 2.24) is 10.2 Å². The number of unbranched alkanes of at least 4 members (excludes halogenated alkanes) is 1. The second-order valence-corrected chi connectivity index (χ2v) is 2.86. The number of halogens is 1. The van der Waals surface area contributed by atoms with Crippen LogP contribution in [0.25, 0.3) is 0 Å². The van der Waals surface area contributed by atoms with E-state index in [0.717, 1.165) is 25.2 Å². The van der Waals surface area contributed by atoms with Crippen LogP contribution in [0.2, 0.25) is 5.15 Å². The first-order valence-corrected chi connectivity index (χ1v) is 4.37. The first-order chi connectivity index (χ1) is 6.33. The van der Waals surface area contributed by atoms with Crippen molar-refractivity contribution >= 4 is 17.4 Å². The van der Waals surface area contributed by atoms with Gasteiger partial charge >= 0.3 is 0 Å². The monoisotopic (exact) mass is 195 g/mol. The van der Waals surface area contributed by atoms with E-state index < -0.39 is 0 Å². The van der Waals surface area contributed by atoms with Gasteiger partial charge in [0.25, 0.3) is 0 Å². The minimum Gasteiger partial charge on any atom is -0.369 e. The van der Waals surface area contributed by atoms with Gasteiger partial charge in [-0.25, -0.2) is 0 Å². The standard InChI is InChI=1S/C9H10ClN3/c1-2-3-4-7-11-9-6-5-8(10)12-13-9/h1,5-6H,3-4,7H2,(H,11,13). The quantitative estimate of drug-likeness (QED) is 0.590. The molecule has 0 aliphatic heterocycles. The summed E-state index contributed by atoms with van der Waals surface area (Å²) < 4.78 is 0. The van der Waals surface area contributed by atoms with Gasteiger partial charge in [0.1, 0.15) is 5.82 Å². The summed E-state index contributed by atoms with van der Waals surface area (Å²) in [4.78, 5) is 0. The smallest absolute Gasteiger partial charge is 0.151 e. The van der Waals surface area contributed by atoms with Gasteiger partial charge in [-0.3, -0.25) is 0 Å². The first kappa shape index (κ1) is 9.82. The van der Waals surface area contributed by atoms with Gasteiger partial charge in [-0.15, -0.1) is 22.5 Å². The maximum atomic E-state index is 5.57. The highest BCUT2D eigenvalue weighted by Crippen LogP contribution is 2.05. The van der Waals surface area contributed by atoms with Crippen molar-refractivity contribution in [2.24, 2.45) is 0 Å². The SMILES string of the molecule is C#CCCCNc1ccc(Cl)nn1. The molecular weight excluding hydrogens is 186 g/mol. The average molecular weight is 196 g/mol. The Morgan fingerprint density at radius 3 is 2.92 bits per heavy atom. The third-order valence-electron chi connectivity index (χ3n) is 1.44. The van der Waals surface area contributed by atoms with Gasteiger partial charge in [0.2, 0.25) is 0 Å². The van der Waals surface area contributed by atoms with Crippen LogP contribution in [0.5, 0.6) is 0 Å². The molecule has 1 aromatic rings. The van der Waals surface area contributed by atoms with E-state index in [1.807, 2.05) is 0 Å². The maximum Gasteiger partial charge on any atom is 0.151 e. The van der Waals surface area contributed by atoms with Crippen molar-refractivity contribution in [3.8, 4) is 12.3 Å². The molecule has 1 heterocycles. The molecule has 0 aliphatic carbocycles. The Balaban J connectivity index is 2.30. The van der Waals surface area contributed by atoms with E-state index in [2.05, 4.69) is 21.4 Å². The molecule has 0 saturated carbocycles. The number of terminal acetylenes is 1. The molecule has 13 heavy (non-hydrogen) atoms. The Bertz CT molecular complexity index is 289. The van der Waals surface area contributed by atoms with Gasteiger partial charge in [0, 0.05) is 13.0 Å². The molecule has 0 saturated heterocycles. The lowest BCUT2D eigenvalue weighted by molar-refractivity contribution is 0.891. The number of aromatic nitrogens is 2. The van der Waals surface area contributed by atoms with Gasteiger partial charge in [0.05, 0.1) is 0 Å². The van der Waals surface area contributed by atoms with Crippen LogP contribution in [0.4, 0.5) is 5.82 Å². The summed E-state index contributed by atoms with van der Waals surface area (Å²) in [5.74, 6) is 3.29. The van der Waals surface area contributed by atoms with Gasteiger partial charge < -0.3 is 5.32 Å². The molecule has 1 aromatic heterocycles. The Morgan fingerprint density at radius 1 is 1.46 bits per heavy atom. The third-order valence-corrected chi connectivity index (χ3v) is 1.64. The summed E-state index contributed by atoms with van der Waals surface area (Å²) in [6.07, 6.45) is 6.81. The summed E-state index contributed by atoms with van der Waals surface area (Å²) in [6.45, 7) is 0.806. The van der Waals surface area contributed by atoms with Gasteiger partial charge in [-0.1, -0.05) is 11.6 Å². The van der Waals surface area contributed by atoms with Crippen molar-refractivity contribution in [2.45, 2.75) is 12.8 Å². The van der Waals surface area contributed by atoms with Crippen LogP contribution in [-0.2, 0) is 0 Å². The zero-order valence-electron chi connectivity index (χ0n) is 7.13. The van der Waals surface area contributed by atoms with Crippen molar-refractivity contribution in [3.63, 3.8) is 0 Å².